The van der Waals surface area contributed by atoms with Gasteiger partial charge in [0, 0.05) is 0 Å². The predicted octanol–water partition coefficient (Wildman–Crippen LogP) is 5.51. The molecule has 0 heterocycles. The van der Waals surface area contributed by atoms with Crippen LogP contribution in [-0.4, -0.2) is 33.7 Å². The molecule has 134 valence electrons. The summed E-state index contributed by atoms with van der Waals surface area (Å²) >= 11 is 0.559. The average molecular weight is 399 g/mol. The van der Waals surface area contributed by atoms with Crippen molar-refractivity contribution < 1.29 is 13.0 Å². The van der Waals surface area contributed by atoms with Crippen molar-refractivity contribution in [2.75, 3.05) is 5.75 Å². The second kappa shape index (κ2) is 16.3. The first-order chi connectivity index (χ1) is 10.6. The van der Waals surface area contributed by atoms with Crippen LogP contribution in [0.2, 0.25) is 10.6 Å². The molecule has 0 radical (unpaired) electrons. The Morgan fingerprint density at radius 1 is 0.682 bits per heavy atom. The summed E-state index contributed by atoms with van der Waals surface area (Å²) in [6.07, 6.45) is 17.2. The summed E-state index contributed by atoms with van der Waals surface area (Å²) in [4.78, 5) is 0. The molecule has 0 aromatic heterocycles. The Morgan fingerprint density at radius 3 is 1.55 bits per heavy atom. The van der Waals surface area contributed by atoms with Crippen LogP contribution in [0.5, 0.6) is 0 Å². The van der Waals surface area contributed by atoms with E-state index in [1.165, 1.54) is 82.4 Å². The van der Waals surface area contributed by atoms with E-state index in [1.54, 1.807) is 0 Å². The van der Waals surface area contributed by atoms with Crippen molar-refractivity contribution in [3.05, 3.63) is 0 Å². The third kappa shape index (κ3) is 20.4. The van der Waals surface area contributed by atoms with Crippen LogP contribution >= 0.6 is 0 Å². The molecule has 0 rings (SSSR count). The molecule has 0 aliphatic carbocycles. The normalized spacial score (nSPS) is 11.9. The zero-order valence-electron chi connectivity index (χ0n) is 14.4. The summed E-state index contributed by atoms with van der Waals surface area (Å²) in [5, 5.41) is 2.24. The zero-order valence-corrected chi connectivity index (χ0v) is 16.9. The molecule has 0 saturated carbocycles. The van der Waals surface area contributed by atoms with Gasteiger partial charge in [-0.3, -0.25) is 0 Å². The van der Waals surface area contributed by atoms with Gasteiger partial charge in [-0.15, -0.1) is 0 Å². The van der Waals surface area contributed by atoms with E-state index in [-0.39, 0.29) is 5.75 Å². The van der Waals surface area contributed by atoms with Crippen LogP contribution in [0.15, 0.2) is 0 Å². The second-order valence-corrected chi connectivity index (χ2v) is 10.3. The summed E-state index contributed by atoms with van der Waals surface area (Å²) in [6.45, 7) is 2.26. The first kappa shape index (κ1) is 22.4. The molecule has 0 atom stereocenters. The van der Waals surface area contributed by atoms with Crippen LogP contribution in [0, 0.1) is 0 Å². The predicted molar refractivity (Wildman–Crippen MR) is 97.5 cm³/mol. The van der Waals surface area contributed by atoms with Crippen LogP contribution in [0.25, 0.3) is 0 Å². The third-order valence-corrected chi connectivity index (χ3v) is 7.06. The fraction of sp³-hybridized carbons (Fsp3) is 1.00. The molecule has 0 saturated heterocycles. The molecule has 22 heavy (non-hydrogen) atoms. The maximum atomic E-state index is 10.5. The average Bonchev–Trinajstić information content (AvgIpc) is 2.45. The Bertz CT molecular complexity index is 318. The van der Waals surface area contributed by atoms with Gasteiger partial charge < -0.3 is 0 Å². The summed E-state index contributed by atoms with van der Waals surface area (Å²) in [5.41, 5.74) is 0. The SMILES string of the molecule is CCCCCCCCCCCCCC[Se]CCCS(=O)(=O)O. The van der Waals surface area contributed by atoms with Crippen molar-refractivity contribution in [3.63, 3.8) is 0 Å². The van der Waals surface area contributed by atoms with Crippen molar-refractivity contribution in [1.82, 2.24) is 0 Å². The minimum absolute atomic E-state index is 0.0623. The van der Waals surface area contributed by atoms with Gasteiger partial charge in [0.25, 0.3) is 0 Å². The van der Waals surface area contributed by atoms with Gasteiger partial charge in [-0.2, -0.15) is 0 Å². The monoisotopic (exact) mass is 400 g/mol. The van der Waals surface area contributed by atoms with E-state index >= 15 is 0 Å². The molecule has 0 unspecified atom stereocenters. The van der Waals surface area contributed by atoms with Gasteiger partial charge in [0.2, 0.25) is 0 Å². The maximum absolute atomic E-state index is 10.5. The van der Waals surface area contributed by atoms with Crippen LogP contribution in [0.4, 0.5) is 0 Å². The summed E-state index contributed by atoms with van der Waals surface area (Å²) in [6, 6.07) is 0. The molecule has 0 fully saturated rings. The molecule has 1 N–H and O–H groups in total. The van der Waals surface area contributed by atoms with Gasteiger partial charge in [-0.1, -0.05) is 13.3 Å². The molecule has 0 amide bonds. The number of unbranched alkanes of at least 4 members (excludes halogenated alkanes) is 11. The fourth-order valence-corrected chi connectivity index (χ4v) is 5.43. The molecule has 0 aliphatic rings. The van der Waals surface area contributed by atoms with E-state index in [0.717, 1.165) is 5.32 Å². The topological polar surface area (TPSA) is 54.4 Å². The molecule has 0 aromatic rings. The molecular weight excluding hydrogens is 363 g/mol. The van der Waals surface area contributed by atoms with Crippen LogP contribution in [-0.2, 0) is 10.1 Å². The van der Waals surface area contributed by atoms with E-state index in [0.29, 0.717) is 21.4 Å². The molecule has 0 aromatic carbocycles. The van der Waals surface area contributed by atoms with Crippen molar-refractivity contribution in [3.8, 4) is 0 Å². The Balaban J connectivity index is 3.03. The first-order valence-corrected chi connectivity index (χ1v) is 13.1. The Kier molecular flexibility index (Phi) is 16.6. The van der Waals surface area contributed by atoms with E-state index in [9.17, 15) is 8.42 Å². The Morgan fingerprint density at radius 2 is 1.09 bits per heavy atom. The molecule has 0 aliphatic heterocycles. The van der Waals surface area contributed by atoms with Crippen LogP contribution in [0.3, 0.4) is 0 Å². The zero-order chi connectivity index (χ0) is 16.5. The Labute approximate surface area is 144 Å². The van der Waals surface area contributed by atoms with Gasteiger partial charge in [-0.05, 0) is 0 Å². The van der Waals surface area contributed by atoms with Gasteiger partial charge in [0.15, 0.2) is 0 Å². The van der Waals surface area contributed by atoms with Gasteiger partial charge in [0.1, 0.15) is 0 Å². The van der Waals surface area contributed by atoms with Gasteiger partial charge in [-0.25, -0.2) is 0 Å². The van der Waals surface area contributed by atoms with E-state index in [2.05, 4.69) is 6.92 Å². The molecule has 0 bridgehead atoms. The van der Waals surface area contributed by atoms with Crippen molar-refractivity contribution in [1.29, 1.82) is 0 Å². The van der Waals surface area contributed by atoms with Crippen molar-refractivity contribution >= 4 is 25.1 Å². The van der Waals surface area contributed by atoms with Gasteiger partial charge in [0.05, 0.1) is 0 Å². The van der Waals surface area contributed by atoms with Crippen LogP contribution < -0.4 is 0 Å². The van der Waals surface area contributed by atoms with Crippen LogP contribution in [0.1, 0.15) is 90.4 Å². The Hall–Kier alpha value is 0.429. The number of rotatable bonds is 17. The van der Waals surface area contributed by atoms with Gasteiger partial charge >= 0.3 is 131 Å². The van der Waals surface area contributed by atoms with Crippen molar-refractivity contribution in [2.45, 2.75) is 101 Å². The first-order valence-electron chi connectivity index (χ1n) is 9.09. The van der Waals surface area contributed by atoms with E-state index in [4.69, 9.17) is 4.55 Å². The standard InChI is InChI=1S/C17H36O3SSe/c1-2-3-4-5-6-7-8-9-10-11-12-13-16-22-17-14-15-21(18,19)20/h2-17H2,1H3,(H,18,19,20). The quantitative estimate of drug-likeness (QED) is 0.199. The molecule has 5 heteroatoms. The van der Waals surface area contributed by atoms with E-state index < -0.39 is 10.1 Å². The van der Waals surface area contributed by atoms with E-state index in [1.807, 2.05) is 0 Å². The third-order valence-electron chi connectivity index (χ3n) is 3.83. The molecule has 0 spiro atoms. The summed E-state index contributed by atoms with van der Waals surface area (Å²) < 4.78 is 29.7. The molecular formula is C17H36O3SSe. The summed E-state index contributed by atoms with van der Waals surface area (Å²) in [5.74, 6) is -0.0623. The minimum atomic E-state index is -3.73. The molecule has 3 nitrogen and oxygen atoms in total. The van der Waals surface area contributed by atoms with Crippen molar-refractivity contribution in [2.24, 2.45) is 0 Å². The second-order valence-electron chi connectivity index (χ2n) is 6.14. The number of hydrogen-bond acceptors (Lipinski definition) is 2. The fourth-order valence-electron chi connectivity index (χ4n) is 2.49. The number of hydrogen-bond donors (Lipinski definition) is 1. The summed E-state index contributed by atoms with van der Waals surface area (Å²) in [7, 11) is -3.73.